The summed E-state index contributed by atoms with van der Waals surface area (Å²) in [4.78, 5) is 33.8. The van der Waals surface area contributed by atoms with E-state index in [2.05, 4.69) is 22.1 Å². The summed E-state index contributed by atoms with van der Waals surface area (Å²) in [7, 11) is 1.71. The Kier molecular flexibility index (Phi) is 8.28. The lowest BCUT2D eigenvalue weighted by molar-refractivity contribution is -0.139. The predicted octanol–water partition coefficient (Wildman–Crippen LogP) is 5.92. The molecule has 2 amide bonds. The molecule has 1 aliphatic heterocycles. The summed E-state index contributed by atoms with van der Waals surface area (Å²) in [6, 6.07) is 14.5. The number of nitrogens with zero attached hydrogens (tertiary/aromatic N) is 4. The number of aryl methyl sites for hydroxylation is 2. The van der Waals surface area contributed by atoms with Crippen LogP contribution in [0.15, 0.2) is 60.8 Å². The standard InChI is InChI=1S/C34H34F3N5O2/c1-22-9-10-25(18-24(22)12-14-29-23(2)38-30-8-6-7-15-42(29)30)31(43)39-27-13-11-26(28(19-27)34(35,36)37)20-41-17-16-40(5)32(44)33(3,4)21-41/h6-11,13,15,18-19H,16-17,20-21H2,1-5H3,(H,39,43). The van der Waals surface area contributed by atoms with Crippen LogP contribution in [0.2, 0.25) is 0 Å². The van der Waals surface area contributed by atoms with E-state index in [1.807, 2.05) is 47.5 Å². The first kappa shape index (κ1) is 30.8. The van der Waals surface area contributed by atoms with Gasteiger partial charge in [-0.2, -0.15) is 13.2 Å². The van der Waals surface area contributed by atoms with Crippen molar-refractivity contribution >= 4 is 23.1 Å². The van der Waals surface area contributed by atoms with Crippen molar-refractivity contribution in [2.45, 2.75) is 40.4 Å². The molecule has 5 rings (SSSR count). The van der Waals surface area contributed by atoms with Crippen LogP contribution in [0.25, 0.3) is 5.65 Å². The Morgan fingerprint density at radius 3 is 2.57 bits per heavy atom. The first-order chi connectivity index (χ1) is 20.7. The fourth-order valence-corrected chi connectivity index (χ4v) is 5.54. The van der Waals surface area contributed by atoms with Gasteiger partial charge in [0.15, 0.2) is 0 Å². The zero-order valence-corrected chi connectivity index (χ0v) is 25.3. The molecule has 2 aromatic carbocycles. The number of rotatable bonds is 4. The van der Waals surface area contributed by atoms with Crippen LogP contribution in [0.4, 0.5) is 18.9 Å². The minimum absolute atomic E-state index is 0.0273. The number of carbonyl (C=O) groups excluding carboxylic acids is 2. The Labute approximate surface area is 254 Å². The highest BCUT2D eigenvalue weighted by Crippen LogP contribution is 2.35. The lowest BCUT2D eigenvalue weighted by Gasteiger charge is -2.29. The van der Waals surface area contributed by atoms with Crippen molar-refractivity contribution in [1.82, 2.24) is 19.2 Å². The number of nitrogens with one attached hydrogen (secondary N) is 1. The second-order valence-electron chi connectivity index (χ2n) is 11.9. The Balaban J connectivity index is 1.37. The van der Waals surface area contributed by atoms with Crippen molar-refractivity contribution in [2.24, 2.45) is 5.41 Å². The van der Waals surface area contributed by atoms with Crippen molar-refractivity contribution in [3.8, 4) is 11.8 Å². The number of hydrogen-bond acceptors (Lipinski definition) is 4. The molecule has 7 nitrogen and oxygen atoms in total. The third kappa shape index (κ3) is 6.48. The Morgan fingerprint density at radius 1 is 1.05 bits per heavy atom. The third-order valence-electron chi connectivity index (χ3n) is 7.88. The van der Waals surface area contributed by atoms with E-state index in [1.165, 1.54) is 12.1 Å². The molecule has 0 spiro atoms. The maximum atomic E-state index is 14.2. The van der Waals surface area contributed by atoms with Crippen molar-refractivity contribution in [3.05, 3.63) is 100.0 Å². The quantitative estimate of drug-likeness (QED) is 0.295. The first-order valence-corrected chi connectivity index (χ1v) is 14.3. The number of alkyl halides is 3. The van der Waals surface area contributed by atoms with Gasteiger partial charge in [-0.05, 0) is 81.1 Å². The molecule has 0 atom stereocenters. The van der Waals surface area contributed by atoms with Crippen molar-refractivity contribution < 1.29 is 22.8 Å². The monoisotopic (exact) mass is 601 g/mol. The number of benzene rings is 2. The molecular formula is C34H34F3N5O2. The molecule has 44 heavy (non-hydrogen) atoms. The molecule has 1 fully saturated rings. The third-order valence-corrected chi connectivity index (χ3v) is 7.88. The smallest absolute Gasteiger partial charge is 0.344 e. The molecule has 0 unspecified atom stereocenters. The van der Waals surface area contributed by atoms with E-state index in [0.717, 1.165) is 28.7 Å². The summed E-state index contributed by atoms with van der Waals surface area (Å²) < 4.78 is 44.5. The molecular weight excluding hydrogens is 567 g/mol. The molecule has 10 heteroatoms. The van der Waals surface area contributed by atoms with E-state index in [-0.39, 0.29) is 29.3 Å². The fourth-order valence-electron chi connectivity index (χ4n) is 5.54. The summed E-state index contributed by atoms with van der Waals surface area (Å²) >= 11 is 0. The van der Waals surface area contributed by atoms with Gasteiger partial charge in [-0.1, -0.05) is 24.1 Å². The van der Waals surface area contributed by atoms with E-state index in [9.17, 15) is 22.8 Å². The zero-order chi connectivity index (χ0) is 31.8. The molecule has 3 heterocycles. The summed E-state index contributed by atoms with van der Waals surface area (Å²) in [5.74, 6) is 5.70. The Bertz CT molecular complexity index is 1810. The van der Waals surface area contributed by atoms with E-state index < -0.39 is 23.1 Å². The van der Waals surface area contributed by atoms with Crippen LogP contribution in [-0.4, -0.2) is 57.7 Å². The average molecular weight is 602 g/mol. The molecule has 0 aliphatic carbocycles. The molecule has 0 radical (unpaired) electrons. The first-order valence-electron chi connectivity index (χ1n) is 14.3. The predicted molar refractivity (Wildman–Crippen MR) is 163 cm³/mol. The lowest BCUT2D eigenvalue weighted by atomic mass is 9.91. The molecule has 4 aromatic rings. The van der Waals surface area contributed by atoms with E-state index >= 15 is 0 Å². The number of imidazole rings is 1. The summed E-state index contributed by atoms with van der Waals surface area (Å²) in [6.45, 7) is 8.60. The highest BCUT2D eigenvalue weighted by atomic mass is 19.4. The zero-order valence-electron chi connectivity index (χ0n) is 25.3. The topological polar surface area (TPSA) is 70.0 Å². The largest absolute Gasteiger partial charge is 0.416 e. The van der Waals surface area contributed by atoms with Gasteiger partial charge in [0.25, 0.3) is 5.91 Å². The van der Waals surface area contributed by atoms with E-state index in [1.54, 1.807) is 44.0 Å². The van der Waals surface area contributed by atoms with Gasteiger partial charge in [0.2, 0.25) is 5.91 Å². The Hall–Kier alpha value is -4.62. The van der Waals surface area contributed by atoms with Gasteiger partial charge in [-0.15, -0.1) is 0 Å². The second kappa shape index (κ2) is 11.8. The van der Waals surface area contributed by atoms with E-state index in [0.29, 0.717) is 25.2 Å². The van der Waals surface area contributed by atoms with Crippen LogP contribution in [0.5, 0.6) is 0 Å². The lowest BCUT2D eigenvalue weighted by Crippen LogP contribution is -2.40. The summed E-state index contributed by atoms with van der Waals surface area (Å²) in [5, 5.41) is 2.62. The fraction of sp³-hybridized carbons (Fsp3) is 0.324. The van der Waals surface area contributed by atoms with Crippen LogP contribution in [0.3, 0.4) is 0 Å². The van der Waals surface area contributed by atoms with Gasteiger partial charge in [0.05, 0.1) is 16.7 Å². The number of aromatic nitrogens is 2. The number of anilines is 1. The normalized spacial score (nSPS) is 15.5. The van der Waals surface area contributed by atoms with Crippen molar-refractivity contribution in [1.29, 1.82) is 0 Å². The number of amides is 2. The number of fused-ring (bicyclic) bond motifs is 1. The van der Waals surface area contributed by atoms with Crippen LogP contribution in [-0.2, 0) is 17.5 Å². The van der Waals surface area contributed by atoms with Gasteiger partial charge in [-0.3, -0.25) is 18.9 Å². The van der Waals surface area contributed by atoms with Gasteiger partial charge < -0.3 is 10.2 Å². The highest BCUT2D eigenvalue weighted by Gasteiger charge is 2.38. The Morgan fingerprint density at radius 2 is 1.82 bits per heavy atom. The van der Waals surface area contributed by atoms with Crippen LogP contribution in [0, 0.1) is 31.1 Å². The van der Waals surface area contributed by atoms with Crippen molar-refractivity contribution in [3.63, 3.8) is 0 Å². The van der Waals surface area contributed by atoms with Gasteiger partial charge >= 0.3 is 6.18 Å². The minimum Gasteiger partial charge on any atom is -0.344 e. The number of pyridine rings is 1. The SMILES string of the molecule is Cc1ccc(C(=O)Nc2ccc(CN3CCN(C)C(=O)C(C)(C)C3)c(C(F)(F)F)c2)cc1C#Cc1c(C)nc2ccccn12. The maximum Gasteiger partial charge on any atom is 0.416 e. The van der Waals surface area contributed by atoms with Crippen LogP contribution >= 0.6 is 0 Å². The summed E-state index contributed by atoms with van der Waals surface area (Å²) in [6.07, 6.45) is -2.75. The number of likely N-dealkylation sites (N-methyl/N-ethyl adjacent to an activating group) is 1. The minimum atomic E-state index is -4.63. The molecule has 1 saturated heterocycles. The van der Waals surface area contributed by atoms with Crippen LogP contribution < -0.4 is 5.32 Å². The van der Waals surface area contributed by atoms with Crippen LogP contribution in [0.1, 0.15) is 57.8 Å². The molecule has 228 valence electrons. The van der Waals surface area contributed by atoms with Gasteiger partial charge in [0.1, 0.15) is 11.3 Å². The highest BCUT2D eigenvalue weighted by molar-refractivity contribution is 6.04. The molecule has 1 aliphatic rings. The second-order valence-corrected chi connectivity index (χ2v) is 11.9. The molecule has 1 N–H and O–H groups in total. The number of carbonyl (C=O) groups is 2. The van der Waals surface area contributed by atoms with Gasteiger partial charge in [-0.25, -0.2) is 4.98 Å². The van der Waals surface area contributed by atoms with Crippen molar-refractivity contribution in [2.75, 3.05) is 32.0 Å². The summed E-state index contributed by atoms with van der Waals surface area (Å²) in [5.41, 5.74) is 2.61. The maximum absolute atomic E-state index is 14.2. The molecule has 2 aromatic heterocycles. The number of hydrogen-bond donors (Lipinski definition) is 1. The average Bonchev–Trinajstić information content (AvgIpc) is 3.24. The van der Waals surface area contributed by atoms with E-state index in [4.69, 9.17) is 0 Å². The molecule has 0 bridgehead atoms. The number of halogens is 3. The molecule has 0 saturated carbocycles. The van der Waals surface area contributed by atoms with Gasteiger partial charge in [0, 0.05) is 56.2 Å².